The highest BCUT2D eigenvalue weighted by Gasteiger charge is 2.04. The lowest BCUT2D eigenvalue weighted by Gasteiger charge is -2.22. The van der Waals surface area contributed by atoms with Crippen molar-refractivity contribution in [1.29, 1.82) is 0 Å². The van der Waals surface area contributed by atoms with Gasteiger partial charge in [0.15, 0.2) is 5.13 Å². The minimum absolute atomic E-state index is 0.987. The van der Waals surface area contributed by atoms with Gasteiger partial charge in [0.1, 0.15) is 0 Å². The van der Waals surface area contributed by atoms with Crippen LogP contribution < -0.4 is 5.32 Å². The van der Waals surface area contributed by atoms with E-state index in [0.717, 1.165) is 24.8 Å². The zero-order valence-electron chi connectivity index (χ0n) is 8.15. The van der Waals surface area contributed by atoms with Crippen molar-refractivity contribution in [3.63, 3.8) is 0 Å². The van der Waals surface area contributed by atoms with Gasteiger partial charge in [0, 0.05) is 37.8 Å². The summed E-state index contributed by atoms with van der Waals surface area (Å²) >= 11 is 1.65. The number of rotatable bonds is 4. The quantitative estimate of drug-likeness (QED) is 0.767. The summed E-state index contributed by atoms with van der Waals surface area (Å²) in [5.74, 6) is 0. The molecule has 2 rings (SSSR count). The summed E-state index contributed by atoms with van der Waals surface area (Å²) in [5, 5.41) is 6.33. The Bertz CT molecular complexity index is 282. The average Bonchev–Trinajstić information content (AvgIpc) is 2.72. The number of nitrogens with zero attached hydrogens (tertiary/aromatic N) is 2. The zero-order valence-corrected chi connectivity index (χ0v) is 8.96. The van der Waals surface area contributed by atoms with Gasteiger partial charge in [0.05, 0.1) is 0 Å². The predicted molar refractivity (Wildman–Crippen MR) is 60.8 cm³/mol. The highest BCUT2D eigenvalue weighted by molar-refractivity contribution is 7.13. The fourth-order valence-electron chi connectivity index (χ4n) is 1.52. The molecule has 2 heterocycles. The van der Waals surface area contributed by atoms with Gasteiger partial charge in [-0.05, 0) is 6.42 Å². The van der Waals surface area contributed by atoms with Crippen molar-refractivity contribution >= 4 is 16.5 Å². The third kappa shape index (κ3) is 2.82. The minimum atomic E-state index is 0.987. The second kappa shape index (κ2) is 5.12. The lowest BCUT2D eigenvalue weighted by Crippen LogP contribution is -2.31. The maximum atomic E-state index is 4.17. The first-order chi connectivity index (χ1) is 6.95. The molecule has 0 saturated heterocycles. The summed E-state index contributed by atoms with van der Waals surface area (Å²) in [5.41, 5.74) is 0. The average molecular weight is 209 g/mol. The Morgan fingerprint density at radius 3 is 3.21 bits per heavy atom. The number of thiazole rings is 1. The maximum absolute atomic E-state index is 4.17. The van der Waals surface area contributed by atoms with E-state index in [0.29, 0.717) is 0 Å². The van der Waals surface area contributed by atoms with Crippen molar-refractivity contribution in [3.05, 3.63) is 23.7 Å². The lowest BCUT2D eigenvalue weighted by atomic mass is 10.2. The minimum Gasteiger partial charge on any atom is -0.360 e. The summed E-state index contributed by atoms with van der Waals surface area (Å²) in [6, 6.07) is 0. The van der Waals surface area contributed by atoms with Gasteiger partial charge < -0.3 is 5.32 Å². The van der Waals surface area contributed by atoms with Crippen LogP contribution in [0.3, 0.4) is 0 Å². The van der Waals surface area contributed by atoms with Crippen molar-refractivity contribution in [1.82, 2.24) is 9.88 Å². The molecule has 1 aromatic heterocycles. The molecule has 0 amide bonds. The van der Waals surface area contributed by atoms with E-state index in [1.165, 1.54) is 13.0 Å². The van der Waals surface area contributed by atoms with Crippen LogP contribution in [-0.4, -0.2) is 36.1 Å². The van der Waals surface area contributed by atoms with Crippen molar-refractivity contribution in [2.24, 2.45) is 0 Å². The van der Waals surface area contributed by atoms with Gasteiger partial charge >= 0.3 is 0 Å². The summed E-state index contributed by atoms with van der Waals surface area (Å²) < 4.78 is 0. The maximum Gasteiger partial charge on any atom is 0.182 e. The fraction of sp³-hybridized carbons (Fsp3) is 0.500. The smallest absolute Gasteiger partial charge is 0.182 e. The Morgan fingerprint density at radius 1 is 1.50 bits per heavy atom. The monoisotopic (exact) mass is 209 g/mol. The Hall–Kier alpha value is -0.870. The molecule has 1 N–H and O–H groups in total. The van der Waals surface area contributed by atoms with E-state index in [9.17, 15) is 0 Å². The van der Waals surface area contributed by atoms with Gasteiger partial charge in [-0.1, -0.05) is 12.2 Å². The van der Waals surface area contributed by atoms with E-state index in [-0.39, 0.29) is 0 Å². The molecule has 0 radical (unpaired) electrons. The number of hydrogen-bond acceptors (Lipinski definition) is 4. The summed E-state index contributed by atoms with van der Waals surface area (Å²) in [4.78, 5) is 6.62. The molecule has 1 aromatic rings. The van der Waals surface area contributed by atoms with Crippen LogP contribution >= 0.6 is 11.3 Å². The molecular formula is C10H15N3S. The van der Waals surface area contributed by atoms with Crippen LogP contribution in [0.2, 0.25) is 0 Å². The van der Waals surface area contributed by atoms with Crippen molar-refractivity contribution in [3.8, 4) is 0 Å². The van der Waals surface area contributed by atoms with E-state index in [2.05, 4.69) is 27.4 Å². The topological polar surface area (TPSA) is 28.2 Å². The van der Waals surface area contributed by atoms with Crippen LogP contribution in [-0.2, 0) is 0 Å². The number of anilines is 1. The van der Waals surface area contributed by atoms with Gasteiger partial charge in [-0.3, -0.25) is 4.90 Å². The first-order valence-electron chi connectivity index (χ1n) is 4.96. The number of aromatic nitrogens is 1. The Balaban J connectivity index is 1.65. The van der Waals surface area contributed by atoms with Crippen LogP contribution in [0.1, 0.15) is 6.42 Å². The van der Waals surface area contributed by atoms with Gasteiger partial charge in [-0.2, -0.15) is 0 Å². The molecule has 76 valence electrons. The Kier molecular flexibility index (Phi) is 3.54. The van der Waals surface area contributed by atoms with Crippen LogP contribution in [0.25, 0.3) is 0 Å². The standard InChI is InChI=1S/C10H15N3S/c1-2-6-13(7-3-1)8-4-11-10-12-5-9-14-10/h1-2,5,9H,3-4,6-8H2,(H,11,12). The van der Waals surface area contributed by atoms with Gasteiger partial charge in [-0.15, -0.1) is 11.3 Å². The molecule has 0 aliphatic carbocycles. The summed E-state index contributed by atoms with van der Waals surface area (Å²) in [6.45, 7) is 4.38. The summed E-state index contributed by atoms with van der Waals surface area (Å²) in [7, 11) is 0. The summed E-state index contributed by atoms with van der Waals surface area (Å²) in [6.07, 6.45) is 7.52. The van der Waals surface area contributed by atoms with Gasteiger partial charge in [-0.25, -0.2) is 4.98 Å². The number of hydrogen-bond donors (Lipinski definition) is 1. The van der Waals surface area contributed by atoms with Gasteiger partial charge in [0.2, 0.25) is 0 Å². The van der Waals surface area contributed by atoms with Crippen LogP contribution in [0.5, 0.6) is 0 Å². The number of nitrogens with one attached hydrogen (secondary N) is 1. The molecule has 1 aliphatic rings. The van der Waals surface area contributed by atoms with Crippen molar-refractivity contribution in [2.75, 3.05) is 31.5 Å². The first kappa shape index (κ1) is 9.68. The second-order valence-corrected chi connectivity index (χ2v) is 4.22. The van der Waals surface area contributed by atoms with Crippen LogP contribution in [0.4, 0.5) is 5.13 Å². The zero-order chi connectivity index (χ0) is 9.64. The largest absolute Gasteiger partial charge is 0.360 e. The molecular weight excluding hydrogens is 194 g/mol. The normalized spacial score (nSPS) is 17.1. The highest BCUT2D eigenvalue weighted by atomic mass is 32.1. The van der Waals surface area contributed by atoms with E-state index in [1.54, 1.807) is 11.3 Å². The molecule has 14 heavy (non-hydrogen) atoms. The molecule has 0 aromatic carbocycles. The van der Waals surface area contributed by atoms with Crippen molar-refractivity contribution < 1.29 is 0 Å². The molecule has 0 unspecified atom stereocenters. The molecule has 1 aliphatic heterocycles. The SMILES string of the molecule is C1=CCN(CCNc2nccs2)CC1. The lowest BCUT2D eigenvalue weighted by molar-refractivity contribution is 0.310. The highest BCUT2D eigenvalue weighted by Crippen LogP contribution is 2.09. The van der Waals surface area contributed by atoms with E-state index < -0.39 is 0 Å². The third-order valence-electron chi connectivity index (χ3n) is 2.28. The molecule has 0 spiro atoms. The molecule has 0 fully saturated rings. The van der Waals surface area contributed by atoms with Gasteiger partial charge in [0.25, 0.3) is 0 Å². The van der Waals surface area contributed by atoms with E-state index in [4.69, 9.17) is 0 Å². The molecule has 3 nitrogen and oxygen atoms in total. The van der Waals surface area contributed by atoms with Crippen LogP contribution in [0.15, 0.2) is 23.7 Å². The Labute approximate surface area is 88.5 Å². The van der Waals surface area contributed by atoms with E-state index >= 15 is 0 Å². The Morgan fingerprint density at radius 2 is 2.50 bits per heavy atom. The third-order valence-corrected chi connectivity index (χ3v) is 3.01. The molecule has 4 heteroatoms. The van der Waals surface area contributed by atoms with Crippen LogP contribution in [0, 0.1) is 0 Å². The molecule has 0 saturated carbocycles. The molecule has 0 atom stereocenters. The van der Waals surface area contributed by atoms with Crippen molar-refractivity contribution in [2.45, 2.75) is 6.42 Å². The van der Waals surface area contributed by atoms with E-state index in [1.807, 2.05) is 11.6 Å². The predicted octanol–water partition coefficient (Wildman–Crippen LogP) is 1.82. The first-order valence-corrected chi connectivity index (χ1v) is 5.84. The second-order valence-electron chi connectivity index (χ2n) is 3.32. The molecule has 0 bridgehead atoms. The fourth-order valence-corrected chi connectivity index (χ4v) is 2.08.